The zero-order chi connectivity index (χ0) is 16.4. The minimum Gasteiger partial charge on any atom is -0.139 e. The van der Waals surface area contributed by atoms with Crippen molar-refractivity contribution in [3.05, 3.63) is 22.4 Å². The van der Waals surface area contributed by atoms with Gasteiger partial charge < -0.3 is 0 Å². The van der Waals surface area contributed by atoms with Crippen molar-refractivity contribution >= 4 is 11.3 Å². The standard InChI is InChI=1S/C22H39S/c1-2-3-4-5-6-7-8-9-10-11-12-13-14-15-16-17-19-22-20-18-21-23-22/h18,20H,2-17,19H2,1H3. The molecule has 0 spiro atoms. The maximum Gasteiger partial charge on any atom is 0.0445 e. The molecule has 0 bridgehead atoms. The van der Waals surface area contributed by atoms with E-state index in [4.69, 9.17) is 0 Å². The first-order valence-electron chi connectivity index (χ1n) is 10.4. The second-order valence-corrected chi connectivity index (χ2v) is 8.04. The van der Waals surface area contributed by atoms with Gasteiger partial charge in [0.2, 0.25) is 0 Å². The van der Waals surface area contributed by atoms with E-state index in [-0.39, 0.29) is 0 Å². The van der Waals surface area contributed by atoms with Gasteiger partial charge in [-0.2, -0.15) is 0 Å². The Morgan fingerprint density at radius 1 is 0.652 bits per heavy atom. The van der Waals surface area contributed by atoms with Crippen LogP contribution < -0.4 is 0 Å². The average Bonchev–Trinajstić information content (AvgIpc) is 3.08. The highest BCUT2D eigenvalue weighted by atomic mass is 32.1. The van der Waals surface area contributed by atoms with E-state index in [1.165, 1.54) is 114 Å². The minimum atomic E-state index is 1.27. The fourth-order valence-corrected chi connectivity index (χ4v) is 3.92. The number of unbranched alkanes of at least 4 members (excludes halogenated alkanes) is 15. The van der Waals surface area contributed by atoms with Crippen LogP contribution in [0.3, 0.4) is 0 Å². The molecule has 0 N–H and O–H groups in total. The molecule has 0 aliphatic heterocycles. The third kappa shape index (κ3) is 13.8. The Morgan fingerprint density at radius 3 is 1.48 bits per heavy atom. The second kappa shape index (κ2) is 16.6. The monoisotopic (exact) mass is 335 g/mol. The summed E-state index contributed by atoms with van der Waals surface area (Å²) in [7, 11) is 0. The highest BCUT2D eigenvalue weighted by Gasteiger charge is 1.96. The van der Waals surface area contributed by atoms with Gasteiger partial charge in [0, 0.05) is 10.3 Å². The predicted octanol–water partition coefficient (Wildman–Crippen LogP) is 8.35. The molecule has 1 radical (unpaired) electrons. The Morgan fingerprint density at radius 2 is 1.09 bits per heavy atom. The summed E-state index contributed by atoms with van der Waals surface area (Å²) >= 11 is 1.79. The first-order valence-corrected chi connectivity index (χ1v) is 11.2. The second-order valence-electron chi connectivity index (χ2n) is 7.07. The van der Waals surface area contributed by atoms with Crippen LogP contribution >= 0.6 is 11.3 Å². The fourth-order valence-electron chi connectivity index (χ4n) is 3.25. The summed E-state index contributed by atoms with van der Waals surface area (Å²) in [6, 6.07) is 4.27. The summed E-state index contributed by atoms with van der Waals surface area (Å²) in [6.07, 6.45) is 24.5. The van der Waals surface area contributed by atoms with E-state index in [9.17, 15) is 0 Å². The van der Waals surface area contributed by atoms with Crippen LogP contribution in [-0.4, -0.2) is 0 Å². The van der Waals surface area contributed by atoms with Crippen molar-refractivity contribution in [1.29, 1.82) is 0 Å². The fraction of sp³-hybridized carbons (Fsp3) is 0.818. The Labute approximate surface area is 150 Å². The van der Waals surface area contributed by atoms with E-state index < -0.39 is 0 Å². The molecule has 1 heteroatoms. The third-order valence-electron chi connectivity index (χ3n) is 4.80. The Kier molecular flexibility index (Phi) is 14.9. The van der Waals surface area contributed by atoms with Crippen molar-refractivity contribution in [1.82, 2.24) is 0 Å². The van der Waals surface area contributed by atoms with E-state index in [0.29, 0.717) is 0 Å². The van der Waals surface area contributed by atoms with Crippen molar-refractivity contribution in [2.75, 3.05) is 0 Å². The molecule has 0 atom stereocenters. The zero-order valence-corrected chi connectivity index (χ0v) is 16.4. The molecule has 0 fully saturated rings. The Balaban J connectivity index is 1.67. The molecular weight excluding hydrogens is 296 g/mol. The molecule has 0 aliphatic carbocycles. The van der Waals surface area contributed by atoms with E-state index in [0.717, 1.165) is 0 Å². The molecule has 0 saturated heterocycles. The smallest absolute Gasteiger partial charge is 0.0445 e. The molecule has 23 heavy (non-hydrogen) atoms. The van der Waals surface area contributed by atoms with Crippen molar-refractivity contribution in [3.8, 4) is 0 Å². The lowest BCUT2D eigenvalue weighted by Gasteiger charge is -2.03. The molecule has 0 aliphatic rings. The maximum atomic E-state index is 3.18. The number of rotatable bonds is 17. The van der Waals surface area contributed by atoms with Gasteiger partial charge in [-0.15, -0.1) is 11.3 Å². The minimum absolute atomic E-state index is 1.27. The summed E-state index contributed by atoms with van der Waals surface area (Å²) in [5.41, 5.74) is 0. The van der Waals surface area contributed by atoms with Gasteiger partial charge in [-0.3, -0.25) is 0 Å². The molecule has 0 unspecified atom stereocenters. The molecule has 1 aromatic heterocycles. The molecule has 0 amide bonds. The van der Waals surface area contributed by atoms with Crippen molar-refractivity contribution in [2.45, 2.75) is 116 Å². The van der Waals surface area contributed by atoms with Crippen LogP contribution in [0.15, 0.2) is 12.1 Å². The van der Waals surface area contributed by atoms with E-state index in [1.807, 2.05) is 6.07 Å². The maximum absolute atomic E-state index is 3.18. The van der Waals surface area contributed by atoms with E-state index >= 15 is 0 Å². The molecule has 133 valence electrons. The number of aryl methyl sites for hydroxylation is 1. The summed E-state index contributed by atoms with van der Waals surface area (Å²) in [5.74, 6) is 0. The highest BCUT2D eigenvalue weighted by molar-refractivity contribution is 7.09. The predicted molar refractivity (Wildman–Crippen MR) is 106 cm³/mol. The van der Waals surface area contributed by atoms with Gasteiger partial charge in [0.05, 0.1) is 0 Å². The molecule has 0 aromatic carbocycles. The lowest BCUT2D eigenvalue weighted by Crippen LogP contribution is -1.84. The highest BCUT2D eigenvalue weighted by Crippen LogP contribution is 2.15. The summed E-state index contributed by atoms with van der Waals surface area (Å²) in [5, 5.41) is 3.18. The van der Waals surface area contributed by atoms with Crippen LogP contribution in [0.5, 0.6) is 0 Å². The molecule has 1 aromatic rings. The van der Waals surface area contributed by atoms with E-state index in [2.05, 4.69) is 18.4 Å². The van der Waals surface area contributed by atoms with Crippen molar-refractivity contribution < 1.29 is 0 Å². The zero-order valence-electron chi connectivity index (χ0n) is 15.6. The topological polar surface area (TPSA) is 0 Å². The molecule has 1 rings (SSSR count). The van der Waals surface area contributed by atoms with Crippen LogP contribution in [0.4, 0.5) is 0 Å². The molecule has 1 heterocycles. The van der Waals surface area contributed by atoms with E-state index in [1.54, 1.807) is 11.3 Å². The van der Waals surface area contributed by atoms with Gasteiger partial charge in [0.1, 0.15) is 0 Å². The van der Waals surface area contributed by atoms with Gasteiger partial charge in [-0.05, 0) is 25.0 Å². The summed E-state index contributed by atoms with van der Waals surface area (Å²) in [6.45, 7) is 2.30. The largest absolute Gasteiger partial charge is 0.139 e. The SMILES string of the molecule is CCCCCCCCCCCCCCCCCCc1cc[c]s1. The normalized spacial score (nSPS) is 11.2. The van der Waals surface area contributed by atoms with Crippen LogP contribution in [0.2, 0.25) is 0 Å². The Hall–Kier alpha value is -0.300. The summed E-state index contributed by atoms with van der Waals surface area (Å²) < 4.78 is 0. The number of hydrogen-bond donors (Lipinski definition) is 0. The lowest BCUT2D eigenvalue weighted by atomic mass is 10.0. The Bertz CT molecular complexity index is 315. The van der Waals surface area contributed by atoms with Crippen LogP contribution in [0.25, 0.3) is 0 Å². The van der Waals surface area contributed by atoms with Crippen molar-refractivity contribution in [2.24, 2.45) is 0 Å². The third-order valence-corrected chi connectivity index (χ3v) is 5.66. The number of thiophene rings is 1. The lowest BCUT2D eigenvalue weighted by molar-refractivity contribution is 0.529. The van der Waals surface area contributed by atoms with Crippen molar-refractivity contribution in [3.63, 3.8) is 0 Å². The van der Waals surface area contributed by atoms with Gasteiger partial charge in [-0.25, -0.2) is 0 Å². The van der Waals surface area contributed by atoms with Crippen LogP contribution in [0.1, 0.15) is 115 Å². The quantitative estimate of drug-likeness (QED) is 0.251. The van der Waals surface area contributed by atoms with Gasteiger partial charge >= 0.3 is 0 Å². The van der Waals surface area contributed by atoms with Crippen LogP contribution in [-0.2, 0) is 6.42 Å². The molecule has 0 saturated carbocycles. The summed E-state index contributed by atoms with van der Waals surface area (Å²) in [4.78, 5) is 1.51. The molecular formula is C22H39S. The van der Waals surface area contributed by atoms with Gasteiger partial charge in [0.15, 0.2) is 0 Å². The average molecular weight is 336 g/mol. The first-order chi connectivity index (χ1) is 11.4. The number of hydrogen-bond acceptors (Lipinski definition) is 1. The molecule has 0 nitrogen and oxygen atoms in total. The van der Waals surface area contributed by atoms with Crippen LogP contribution in [0, 0.1) is 5.38 Å². The first kappa shape index (κ1) is 20.7. The van der Waals surface area contributed by atoms with Gasteiger partial charge in [-0.1, -0.05) is 103 Å². The van der Waals surface area contributed by atoms with Gasteiger partial charge in [0.25, 0.3) is 0 Å².